The molecule has 1 atom stereocenters. The number of esters is 1. The van der Waals surface area contributed by atoms with Gasteiger partial charge in [-0.05, 0) is 96.7 Å². The number of rotatable bonds is 16. The van der Waals surface area contributed by atoms with E-state index in [9.17, 15) is 9.00 Å². The Morgan fingerprint density at radius 2 is 0.646 bits per heavy atom. The lowest BCUT2D eigenvalue weighted by Crippen LogP contribution is -2.15. The number of allylic oxidation sites excluding steroid dienone is 6. The highest BCUT2D eigenvalue weighted by Crippen LogP contribution is 2.16. The van der Waals surface area contributed by atoms with Crippen molar-refractivity contribution in [1.82, 2.24) is 0 Å². The Hall–Kier alpha value is -8.66. The molecule has 1 unspecified atom stereocenters. The lowest BCUT2D eigenvalue weighted by atomic mass is 10.1. The van der Waals surface area contributed by atoms with Gasteiger partial charge in [0.05, 0.1) is 20.3 Å². The maximum atomic E-state index is 10.6. The molecule has 0 radical (unpaired) electrons. The molecule has 0 amide bonds. The van der Waals surface area contributed by atoms with Crippen molar-refractivity contribution in [2.45, 2.75) is 108 Å². The van der Waals surface area contributed by atoms with Gasteiger partial charge in [0.15, 0.2) is 12.6 Å². The summed E-state index contributed by atoms with van der Waals surface area (Å²) in [5.41, 5.74) is 9.54. The van der Waals surface area contributed by atoms with Crippen LogP contribution in [0.3, 0.4) is 0 Å². The van der Waals surface area contributed by atoms with E-state index in [2.05, 4.69) is 93.9 Å². The van der Waals surface area contributed by atoms with Gasteiger partial charge in [0.25, 0.3) is 0 Å². The minimum atomic E-state index is -1.68. The predicted molar refractivity (Wildman–Crippen MR) is 412 cm³/mol. The normalized spacial score (nSPS) is 8.99. The predicted octanol–water partition coefficient (Wildman–Crippen LogP) is 22.1. The molecule has 0 aliphatic carbocycles. The van der Waals surface area contributed by atoms with Crippen LogP contribution >= 0.6 is 0 Å². The summed E-state index contributed by atoms with van der Waals surface area (Å²) in [6.07, 6.45) is 9.18. The highest BCUT2D eigenvalue weighted by molar-refractivity contribution is 7.75. The van der Waals surface area contributed by atoms with Crippen LogP contribution < -0.4 is 4.18 Å². The fourth-order valence-corrected chi connectivity index (χ4v) is 6.28. The monoisotopic (exact) mass is 1330 g/mol. The molecule has 0 fully saturated rings. The van der Waals surface area contributed by atoms with Crippen LogP contribution in [0.5, 0.6) is 5.75 Å². The molecule has 0 saturated heterocycles. The first-order valence-corrected chi connectivity index (χ1v) is 32.0. The smallest absolute Gasteiger partial charge is 0.359 e. The van der Waals surface area contributed by atoms with Crippen molar-refractivity contribution in [3.63, 3.8) is 0 Å². The number of carbonyl (C=O) groups excluding carboxylic acids is 1. The summed E-state index contributed by atoms with van der Waals surface area (Å²) in [4.78, 5) is 10.4. The van der Waals surface area contributed by atoms with Crippen LogP contribution in [0.4, 0.5) is 0 Å². The Kier molecular flexibility index (Phi) is 82.6. The van der Waals surface area contributed by atoms with Crippen LogP contribution in [0.1, 0.15) is 101 Å². The minimum Gasteiger partial charge on any atom is -0.461 e. The summed E-state index contributed by atoms with van der Waals surface area (Å²) in [7, 11) is 11.3. The molecule has 0 saturated carbocycles. The van der Waals surface area contributed by atoms with E-state index in [1.54, 1.807) is 97.3 Å². The van der Waals surface area contributed by atoms with E-state index in [0.29, 0.717) is 25.6 Å². The Morgan fingerprint density at radius 1 is 0.396 bits per heavy atom. The van der Waals surface area contributed by atoms with E-state index in [-0.39, 0.29) is 18.5 Å². The van der Waals surface area contributed by atoms with E-state index < -0.39 is 11.4 Å². The average molecular weight is 1340 g/mol. The molecule has 8 aromatic carbocycles. The number of carbonyl (C=O) groups is 1. The first-order valence-electron chi connectivity index (χ1n) is 31.0. The molecule has 526 valence electrons. The van der Waals surface area contributed by atoms with Crippen molar-refractivity contribution in [3.05, 3.63) is 357 Å². The van der Waals surface area contributed by atoms with E-state index in [1.165, 1.54) is 47.4 Å². The molecule has 0 aliphatic rings. The first-order chi connectivity index (χ1) is 46.3. The number of ether oxygens (including phenoxy) is 7. The fraction of sp³-hybridized carbons (Fsp3) is 0.274. The lowest BCUT2D eigenvalue weighted by molar-refractivity contribution is -0.142. The molecule has 96 heavy (non-hydrogen) atoms. The maximum absolute atomic E-state index is 10.6. The summed E-state index contributed by atoms with van der Waals surface area (Å²) in [6, 6.07) is 79.1. The Labute approximate surface area is 585 Å². The average Bonchev–Trinajstić information content (AvgIpc) is 3.61. The van der Waals surface area contributed by atoms with Crippen molar-refractivity contribution in [2.24, 2.45) is 0 Å². The van der Waals surface area contributed by atoms with Crippen LogP contribution in [0.15, 0.2) is 318 Å². The van der Waals surface area contributed by atoms with Crippen molar-refractivity contribution < 1.29 is 50.5 Å². The highest BCUT2D eigenvalue weighted by Gasteiger charge is 2.06. The Morgan fingerprint density at radius 3 is 0.875 bits per heavy atom. The van der Waals surface area contributed by atoms with Gasteiger partial charge in [-0.15, -0.1) is 39.5 Å². The Bertz CT molecular complexity index is 2770. The number of benzene rings is 8. The molecular formula is C84H118O11S. The number of para-hydroxylation sites is 1. The molecule has 8 rings (SSSR count). The highest BCUT2D eigenvalue weighted by atomic mass is 32.2. The van der Waals surface area contributed by atoms with Gasteiger partial charge in [-0.25, -0.2) is 0 Å². The van der Waals surface area contributed by atoms with Crippen molar-refractivity contribution in [3.8, 4) is 5.75 Å². The number of hydrogen-bond donors (Lipinski definition) is 0. The molecule has 0 spiro atoms. The van der Waals surface area contributed by atoms with Crippen molar-refractivity contribution in [2.75, 3.05) is 49.8 Å². The van der Waals surface area contributed by atoms with Crippen LogP contribution in [0.2, 0.25) is 0 Å². The largest absolute Gasteiger partial charge is 0.461 e. The summed E-state index contributed by atoms with van der Waals surface area (Å²) in [6.45, 7) is 41.1. The zero-order valence-corrected chi connectivity index (χ0v) is 61.9. The second kappa shape index (κ2) is 80.6. The number of aryl methyl sites for hydroxylation is 2. The lowest BCUT2D eigenvalue weighted by Gasteiger charge is -2.12. The SMILES string of the molecule is C=C(C)C.C=CC.C=CC.C=CC.C=CC.C=CC.CC(=O)OCc1ccccc1.COC(Cc1ccccc1)OC.COC(OC)c1ccccc1.COCc1ccccc1.COCc1ccccc1.COS(=O)Oc1ccccc1.Cc1ccccc1.Cc1ccccc1. The zero-order valence-electron chi connectivity index (χ0n) is 61.1. The third-order valence-electron chi connectivity index (χ3n) is 9.79. The van der Waals surface area contributed by atoms with Crippen molar-refractivity contribution >= 4 is 17.3 Å². The van der Waals surface area contributed by atoms with Gasteiger partial charge >= 0.3 is 17.3 Å². The summed E-state index contributed by atoms with van der Waals surface area (Å²) in [5, 5.41) is 0. The summed E-state index contributed by atoms with van der Waals surface area (Å²) < 4.78 is 54.8. The molecule has 0 heterocycles. The summed E-state index contributed by atoms with van der Waals surface area (Å²) in [5.74, 6) is 0.293. The van der Waals surface area contributed by atoms with Crippen LogP contribution in [0.25, 0.3) is 0 Å². The second-order valence-corrected chi connectivity index (χ2v) is 20.1. The van der Waals surface area contributed by atoms with Gasteiger partial charge in [-0.2, -0.15) is 4.21 Å². The molecule has 0 N–H and O–H groups in total. The van der Waals surface area contributed by atoms with Gasteiger partial charge in [0.1, 0.15) is 12.4 Å². The van der Waals surface area contributed by atoms with Crippen LogP contribution in [-0.2, 0) is 79.7 Å². The molecule has 0 bridgehead atoms. The van der Waals surface area contributed by atoms with E-state index in [4.69, 9.17) is 37.3 Å². The van der Waals surface area contributed by atoms with Crippen LogP contribution in [-0.4, -0.2) is 66.2 Å². The topological polar surface area (TPSA) is 117 Å². The zero-order chi connectivity index (χ0) is 73.5. The van der Waals surface area contributed by atoms with Gasteiger partial charge in [-0.3, -0.25) is 8.98 Å². The number of methoxy groups -OCH3 is 6. The van der Waals surface area contributed by atoms with Crippen molar-refractivity contribution in [1.29, 1.82) is 0 Å². The van der Waals surface area contributed by atoms with Crippen LogP contribution in [0, 0.1) is 13.8 Å². The Balaban J connectivity index is -0.000000233. The standard InChI is InChI=1S/C10H14O2.C9H12O2.C9H10O2.2C8H10O.C7H8O3S.2C7H8.C4H8.5C3H6/c1-11-10(12-2)8-9-6-4-3-5-7-9;1-10-9(11-2)8-6-4-3-5-7-8;1-8(10)11-7-9-5-3-2-4-6-9;2*1-9-7-8-5-3-2-4-6-8;1-9-11(8)10-7-5-3-2-4-6-7;2*1-7-5-3-2-4-6-7;1-4(2)3;5*1-3-2/h3-7,10H,8H2,1-2H3;3-7,9H,1-2H3;2-6H,7H2,1H3;2*2-6H,7H2,1H3;2-6H,1H3;2*2-6H,1H3;1H2,2-3H3;5*3H,1H2,2H3. The second-order valence-electron chi connectivity index (χ2n) is 19.2. The van der Waals surface area contributed by atoms with E-state index >= 15 is 0 Å². The van der Waals surface area contributed by atoms with Gasteiger partial charge in [0, 0.05) is 61.6 Å². The van der Waals surface area contributed by atoms with E-state index in [1.807, 2.05) is 230 Å². The van der Waals surface area contributed by atoms with Gasteiger partial charge in [-0.1, -0.05) is 278 Å². The maximum Gasteiger partial charge on any atom is 0.359 e. The minimum absolute atomic E-state index is 0.132. The summed E-state index contributed by atoms with van der Waals surface area (Å²) >= 11 is -1.68. The van der Waals surface area contributed by atoms with E-state index in [0.717, 1.165) is 17.5 Å². The fourth-order valence-electron chi connectivity index (χ4n) is 5.95. The molecule has 8 aromatic rings. The van der Waals surface area contributed by atoms with Gasteiger partial charge < -0.3 is 37.3 Å². The number of hydrogen-bond acceptors (Lipinski definition) is 11. The molecular weight excluding hydrogens is 1220 g/mol. The third kappa shape index (κ3) is 77.8. The third-order valence-corrected chi connectivity index (χ3v) is 10.4. The molecule has 0 aromatic heterocycles. The molecule has 11 nitrogen and oxygen atoms in total. The quantitative estimate of drug-likeness (QED) is 0.0523. The molecule has 0 aliphatic heterocycles. The van der Waals surface area contributed by atoms with Gasteiger partial charge in [0.2, 0.25) is 0 Å². The first kappa shape index (κ1) is 98.4. The molecule has 12 heteroatoms.